The van der Waals surface area contributed by atoms with Gasteiger partial charge in [-0.05, 0) is 74.0 Å². The van der Waals surface area contributed by atoms with Crippen LogP contribution in [0.5, 0.6) is 0 Å². The standard InChI is InChI=1S/C40H56N2/c1-2-9-17-25-33(26-18-10-3-1)38-36-30-22-14-8-16-24-32-42-40(36)37(34-27-19-11-4-5-12-20-28-34)35-29-21-13-6-7-15-23-31-41-39(35)38/h1-3,9-10,17-18,22,25-26,30,34,41-42H,4-8,11-16,19-21,23-24,27-29,31-32H2. The summed E-state index contributed by atoms with van der Waals surface area (Å²) in [7, 11) is 0. The molecule has 0 aromatic heterocycles. The molecule has 0 bridgehead atoms. The highest BCUT2D eigenvalue weighted by molar-refractivity contribution is 5.95. The summed E-state index contributed by atoms with van der Waals surface area (Å²) in [5.74, 6) is 0.650. The lowest BCUT2D eigenvalue weighted by Crippen LogP contribution is -2.17. The Hall–Kier alpha value is -2.74. The topological polar surface area (TPSA) is 24.1 Å². The highest BCUT2D eigenvalue weighted by Crippen LogP contribution is 2.48. The minimum absolute atomic E-state index is 0.650. The van der Waals surface area contributed by atoms with Crippen molar-refractivity contribution < 1.29 is 0 Å². The zero-order valence-electron chi connectivity index (χ0n) is 26.3. The van der Waals surface area contributed by atoms with Gasteiger partial charge in [-0.1, -0.05) is 137 Å². The fourth-order valence-corrected chi connectivity index (χ4v) is 7.51. The minimum atomic E-state index is 0.650. The monoisotopic (exact) mass is 564 g/mol. The molecule has 2 heteroatoms. The van der Waals surface area contributed by atoms with Gasteiger partial charge in [0.2, 0.25) is 0 Å². The van der Waals surface area contributed by atoms with E-state index in [9.17, 15) is 0 Å². The Morgan fingerprint density at radius 3 is 1.76 bits per heavy atom. The second-order valence-corrected chi connectivity index (χ2v) is 12.9. The van der Waals surface area contributed by atoms with E-state index in [2.05, 4.69) is 77.4 Å². The Labute approximate surface area is 257 Å². The van der Waals surface area contributed by atoms with Crippen LogP contribution < -0.4 is 10.6 Å². The Balaban J connectivity index is 1.80. The van der Waals surface area contributed by atoms with E-state index in [1.165, 1.54) is 150 Å². The third-order valence-corrected chi connectivity index (χ3v) is 9.74. The van der Waals surface area contributed by atoms with Gasteiger partial charge in [-0.3, -0.25) is 0 Å². The molecule has 2 aromatic rings. The molecule has 226 valence electrons. The van der Waals surface area contributed by atoms with Gasteiger partial charge in [-0.2, -0.15) is 0 Å². The molecule has 2 heterocycles. The number of rotatable bonds is 2. The van der Waals surface area contributed by atoms with Crippen molar-refractivity contribution in [2.75, 3.05) is 23.7 Å². The van der Waals surface area contributed by atoms with Crippen LogP contribution in [0, 0.1) is 0 Å². The maximum Gasteiger partial charge on any atom is 0.0462 e. The molecule has 0 radical (unpaired) electrons. The lowest BCUT2D eigenvalue weighted by Gasteiger charge is -2.31. The van der Waals surface area contributed by atoms with Crippen LogP contribution in [0.2, 0.25) is 0 Å². The van der Waals surface area contributed by atoms with E-state index >= 15 is 0 Å². The molecule has 0 spiro atoms. The zero-order chi connectivity index (χ0) is 28.7. The Morgan fingerprint density at radius 2 is 1.07 bits per heavy atom. The lowest BCUT2D eigenvalue weighted by atomic mass is 9.78. The first-order valence-corrected chi connectivity index (χ1v) is 17.7. The number of fused-ring (bicyclic) bond motifs is 2. The SMILES string of the molecule is C1=Cc2c(c(C3CCCCCCCC3)c3c(c2-c2ccccccccc2)NCCCCCCCC3)NCCCCC1. The van der Waals surface area contributed by atoms with Gasteiger partial charge < -0.3 is 10.6 Å². The third kappa shape index (κ3) is 8.65. The van der Waals surface area contributed by atoms with E-state index < -0.39 is 0 Å². The number of hydrogen-bond acceptors (Lipinski definition) is 2. The average Bonchev–Trinajstić information content (AvgIpc) is 3.11. The van der Waals surface area contributed by atoms with Crippen LogP contribution in [-0.2, 0) is 6.42 Å². The summed E-state index contributed by atoms with van der Waals surface area (Å²) in [5.41, 5.74) is 10.4. The first-order chi connectivity index (χ1) is 20.9. The molecule has 0 unspecified atom stereocenters. The highest BCUT2D eigenvalue weighted by atomic mass is 14.9. The zero-order valence-corrected chi connectivity index (χ0v) is 26.3. The van der Waals surface area contributed by atoms with Crippen LogP contribution in [0.25, 0.3) is 17.2 Å². The molecule has 42 heavy (non-hydrogen) atoms. The lowest BCUT2D eigenvalue weighted by molar-refractivity contribution is 0.534. The molecule has 1 fully saturated rings. The van der Waals surface area contributed by atoms with Crippen molar-refractivity contribution in [1.82, 2.24) is 0 Å². The van der Waals surface area contributed by atoms with Crippen molar-refractivity contribution in [3.63, 3.8) is 0 Å². The molecule has 0 atom stereocenters. The summed E-state index contributed by atoms with van der Waals surface area (Å²) < 4.78 is 0. The van der Waals surface area contributed by atoms with Crippen LogP contribution in [0.1, 0.15) is 138 Å². The molecule has 2 aliphatic heterocycles. The quantitative estimate of drug-likeness (QED) is 0.379. The average molecular weight is 565 g/mol. The molecule has 0 saturated heterocycles. The summed E-state index contributed by atoms with van der Waals surface area (Å²) in [5, 5.41) is 8.27. The number of hydrogen-bond donors (Lipinski definition) is 2. The van der Waals surface area contributed by atoms with Gasteiger partial charge in [0.25, 0.3) is 0 Å². The summed E-state index contributed by atoms with van der Waals surface area (Å²) in [4.78, 5) is 0. The normalized spacial score (nSPS) is 19.5. The van der Waals surface area contributed by atoms with Gasteiger partial charge in [0.05, 0.1) is 0 Å². The number of anilines is 2. The predicted octanol–water partition coefficient (Wildman–Crippen LogP) is 12.0. The van der Waals surface area contributed by atoms with Crippen LogP contribution in [0.15, 0.2) is 60.7 Å². The fraction of sp³-hybridized carbons (Fsp3) is 0.550. The Kier molecular flexibility index (Phi) is 12.7. The fourth-order valence-electron chi connectivity index (χ4n) is 7.51. The van der Waals surface area contributed by atoms with E-state index in [1.807, 2.05) is 0 Å². The largest absolute Gasteiger partial charge is 0.384 e. The van der Waals surface area contributed by atoms with Crippen molar-refractivity contribution in [2.45, 2.75) is 128 Å². The van der Waals surface area contributed by atoms with Crippen LogP contribution >= 0.6 is 0 Å². The van der Waals surface area contributed by atoms with E-state index in [1.54, 1.807) is 11.1 Å². The minimum Gasteiger partial charge on any atom is -0.384 e. The van der Waals surface area contributed by atoms with Crippen LogP contribution in [0.3, 0.4) is 0 Å². The summed E-state index contributed by atoms with van der Waals surface area (Å²) in [6.07, 6.45) is 30.2. The van der Waals surface area contributed by atoms with E-state index in [4.69, 9.17) is 0 Å². The smallest absolute Gasteiger partial charge is 0.0462 e. The summed E-state index contributed by atoms with van der Waals surface area (Å²) >= 11 is 0. The first-order valence-electron chi connectivity index (χ1n) is 17.7. The van der Waals surface area contributed by atoms with Gasteiger partial charge in [0.1, 0.15) is 0 Å². The summed E-state index contributed by atoms with van der Waals surface area (Å²) in [6.45, 7) is 2.14. The van der Waals surface area contributed by atoms with E-state index in [-0.39, 0.29) is 0 Å². The molecule has 3 aliphatic rings. The maximum absolute atomic E-state index is 4.13. The Morgan fingerprint density at radius 1 is 0.524 bits per heavy atom. The molecule has 0 amide bonds. The van der Waals surface area contributed by atoms with Gasteiger partial charge in [0, 0.05) is 35.6 Å². The van der Waals surface area contributed by atoms with Crippen molar-refractivity contribution >= 4 is 17.5 Å². The first kappa shape index (κ1) is 30.7. The highest BCUT2D eigenvalue weighted by Gasteiger charge is 2.28. The molecule has 5 rings (SSSR count). The summed E-state index contributed by atoms with van der Waals surface area (Å²) in [6, 6.07) is 19.8. The number of benzene rings is 1. The van der Waals surface area contributed by atoms with Gasteiger partial charge in [-0.15, -0.1) is 0 Å². The third-order valence-electron chi connectivity index (χ3n) is 9.74. The second-order valence-electron chi connectivity index (χ2n) is 12.9. The molecule has 1 aliphatic carbocycles. The van der Waals surface area contributed by atoms with Crippen molar-refractivity contribution in [3.05, 3.63) is 77.4 Å². The van der Waals surface area contributed by atoms with Crippen LogP contribution in [0.4, 0.5) is 11.4 Å². The van der Waals surface area contributed by atoms with Crippen molar-refractivity contribution in [3.8, 4) is 11.1 Å². The molecule has 2 nitrogen and oxygen atoms in total. The van der Waals surface area contributed by atoms with Gasteiger partial charge >= 0.3 is 0 Å². The van der Waals surface area contributed by atoms with E-state index in [0.717, 1.165) is 13.1 Å². The van der Waals surface area contributed by atoms with Crippen LogP contribution in [-0.4, -0.2) is 13.1 Å². The predicted molar refractivity (Wildman–Crippen MR) is 185 cm³/mol. The Bertz CT molecular complexity index is 1160. The molecule has 2 N–H and O–H groups in total. The number of allylic oxidation sites excluding steroid dienone is 1. The second kappa shape index (κ2) is 17.4. The van der Waals surface area contributed by atoms with Gasteiger partial charge in [0.15, 0.2) is 0 Å². The van der Waals surface area contributed by atoms with Gasteiger partial charge in [-0.25, -0.2) is 0 Å². The van der Waals surface area contributed by atoms with Crippen molar-refractivity contribution in [2.24, 2.45) is 0 Å². The maximum atomic E-state index is 4.13. The van der Waals surface area contributed by atoms with E-state index in [0.29, 0.717) is 5.92 Å². The molecular weight excluding hydrogens is 508 g/mol. The molecule has 2 aromatic carbocycles. The molecular formula is C40H56N2. The van der Waals surface area contributed by atoms with Crippen molar-refractivity contribution in [1.29, 1.82) is 0 Å². The molecule has 1 saturated carbocycles. The number of nitrogens with one attached hydrogen (secondary N) is 2.